The molecule has 19 heavy (non-hydrogen) atoms. The molecule has 1 aromatic heterocycles. The number of likely N-dealkylation sites (N-methyl/N-ethyl adjacent to an activating group) is 1. The van der Waals surface area contributed by atoms with Crippen molar-refractivity contribution in [3.8, 4) is 0 Å². The van der Waals surface area contributed by atoms with Crippen LogP contribution in [0.1, 0.15) is 32.4 Å². The Morgan fingerprint density at radius 1 is 1.42 bits per heavy atom. The fourth-order valence-corrected chi connectivity index (χ4v) is 2.95. The van der Waals surface area contributed by atoms with Gasteiger partial charge in [0.25, 0.3) is 0 Å². The molecule has 0 amide bonds. The van der Waals surface area contributed by atoms with E-state index < -0.39 is 0 Å². The molecule has 1 unspecified atom stereocenters. The van der Waals surface area contributed by atoms with Gasteiger partial charge in [-0.15, -0.1) is 0 Å². The van der Waals surface area contributed by atoms with Gasteiger partial charge in [0.05, 0.1) is 25.5 Å². The van der Waals surface area contributed by atoms with Gasteiger partial charge in [-0.2, -0.15) is 5.10 Å². The van der Waals surface area contributed by atoms with E-state index in [9.17, 15) is 0 Å². The normalized spacial score (nSPS) is 19.6. The van der Waals surface area contributed by atoms with Gasteiger partial charge in [0, 0.05) is 36.9 Å². The van der Waals surface area contributed by atoms with Crippen molar-refractivity contribution in [3.63, 3.8) is 0 Å². The zero-order chi connectivity index (χ0) is 13.9. The number of hydrogen-bond donors (Lipinski definition) is 1. The quantitative estimate of drug-likeness (QED) is 0.871. The molecule has 1 aromatic rings. The second kappa shape index (κ2) is 6.03. The molecule has 1 aliphatic rings. The minimum atomic E-state index is 0.0418. The minimum absolute atomic E-state index is 0.0418. The highest BCUT2D eigenvalue weighted by atomic mass is 16.5. The van der Waals surface area contributed by atoms with Crippen molar-refractivity contribution in [1.29, 1.82) is 0 Å². The van der Waals surface area contributed by atoms with Crippen molar-refractivity contribution >= 4 is 0 Å². The van der Waals surface area contributed by atoms with E-state index in [1.54, 1.807) is 0 Å². The van der Waals surface area contributed by atoms with Crippen LogP contribution in [0.15, 0.2) is 12.4 Å². The molecular formula is C14H26N4O. The van der Waals surface area contributed by atoms with Crippen LogP contribution in [0.25, 0.3) is 0 Å². The monoisotopic (exact) mass is 266 g/mol. The Labute approximate surface area is 115 Å². The maximum atomic E-state index is 5.46. The van der Waals surface area contributed by atoms with Gasteiger partial charge in [-0.25, -0.2) is 0 Å². The molecule has 0 aromatic carbocycles. The van der Waals surface area contributed by atoms with Gasteiger partial charge in [-0.1, -0.05) is 0 Å². The number of aryl methyl sites for hydroxylation is 1. The summed E-state index contributed by atoms with van der Waals surface area (Å²) in [6.45, 7) is 11.3. The van der Waals surface area contributed by atoms with Crippen molar-refractivity contribution in [1.82, 2.24) is 20.0 Å². The highest BCUT2D eigenvalue weighted by molar-refractivity contribution is 5.16. The molecule has 108 valence electrons. The molecule has 5 nitrogen and oxygen atoms in total. The Morgan fingerprint density at radius 2 is 2.11 bits per heavy atom. The second-order valence-corrected chi connectivity index (χ2v) is 5.60. The van der Waals surface area contributed by atoms with E-state index in [4.69, 9.17) is 4.74 Å². The topological polar surface area (TPSA) is 42.3 Å². The lowest BCUT2D eigenvalue weighted by molar-refractivity contribution is -0.0229. The largest absolute Gasteiger partial charge is 0.379 e. The smallest absolute Gasteiger partial charge is 0.0594 e. The highest BCUT2D eigenvalue weighted by Gasteiger charge is 2.36. The second-order valence-electron chi connectivity index (χ2n) is 5.60. The lowest BCUT2D eigenvalue weighted by Crippen LogP contribution is -2.55. The van der Waals surface area contributed by atoms with E-state index in [2.05, 4.69) is 42.3 Å². The molecule has 0 radical (unpaired) electrons. The lowest BCUT2D eigenvalue weighted by Gasteiger charge is -2.45. The van der Waals surface area contributed by atoms with Gasteiger partial charge in [0.1, 0.15) is 0 Å². The summed E-state index contributed by atoms with van der Waals surface area (Å²) in [6, 6.07) is 0.269. The van der Waals surface area contributed by atoms with Crippen LogP contribution in [0.5, 0.6) is 0 Å². The zero-order valence-corrected chi connectivity index (χ0v) is 12.5. The summed E-state index contributed by atoms with van der Waals surface area (Å²) < 4.78 is 7.44. The molecule has 2 heterocycles. The van der Waals surface area contributed by atoms with Gasteiger partial charge in [-0.05, 0) is 27.8 Å². The summed E-state index contributed by atoms with van der Waals surface area (Å²) in [5.41, 5.74) is 1.29. The molecule has 1 atom stereocenters. The van der Waals surface area contributed by atoms with Crippen LogP contribution in [-0.4, -0.2) is 53.6 Å². The fourth-order valence-electron chi connectivity index (χ4n) is 2.95. The lowest BCUT2D eigenvalue weighted by atomic mass is 9.88. The van der Waals surface area contributed by atoms with E-state index in [-0.39, 0.29) is 11.6 Å². The average Bonchev–Trinajstić information content (AvgIpc) is 2.89. The van der Waals surface area contributed by atoms with Crippen LogP contribution >= 0.6 is 0 Å². The number of morpholine rings is 1. The number of hydrogen-bond acceptors (Lipinski definition) is 4. The van der Waals surface area contributed by atoms with Crippen LogP contribution in [0.2, 0.25) is 0 Å². The zero-order valence-electron chi connectivity index (χ0n) is 12.5. The van der Waals surface area contributed by atoms with Crippen molar-refractivity contribution in [2.24, 2.45) is 0 Å². The standard InChI is InChI=1S/C14H26N4O/c1-5-18-11-12(10-16-18)13(15-4)14(2,3)17-6-8-19-9-7-17/h10-11,13,15H,5-9H2,1-4H3. The molecule has 0 bridgehead atoms. The summed E-state index contributed by atoms with van der Waals surface area (Å²) in [5, 5.41) is 7.85. The molecule has 0 spiro atoms. The van der Waals surface area contributed by atoms with Crippen molar-refractivity contribution in [2.75, 3.05) is 33.4 Å². The third-order valence-electron chi connectivity index (χ3n) is 4.13. The van der Waals surface area contributed by atoms with Crippen LogP contribution in [0.4, 0.5) is 0 Å². The number of nitrogens with one attached hydrogen (secondary N) is 1. The summed E-state index contributed by atoms with van der Waals surface area (Å²) >= 11 is 0. The Morgan fingerprint density at radius 3 is 2.63 bits per heavy atom. The molecule has 1 saturated heterocycles. The summed E-state index contributed by atoms with van der Waals surface area (Å²) in [6.07, 6.45) is 4.12. The predicted molar refractivity (Wildman–Crippen MR) is 76.2 cm³/mol. The van der Waals surface area contributed by atoms with E-state index in [0.717, 1.165) is 32.8 Å². The third kappa shape index (κ3) is 2.99. The first-order valence-corrected chi connectivity index (χ1v) is 7.12. The summed E-state index contributed by atoms with van der Waals surface area (Å²) in [7, 11) is 2.02. The minimum Gasteiger partial charge on any atom is -0.379 e. The number of rotatable bonds is 5. The molecule has 1 fully saturated rings. The van der Waals surface area contributed by atoms with Crippen molar-refractivity contribution in [3.05, 3.63) is 18.0 Å². The van der Waals surface area contributed by atoms with Crippen molar-refractivity contribution in [2.45, 2.75) is 38.9 Å². The third-order valence-corrected chi connectivity index (χ3v) is 4.13. The Hall–Kier alpha value is -0.910. The summed E-state index contributed by atoms with van der Waals surface area (Å²) in [5.74, 6) is 0. The van der Waals surface area contributed by atoms with Crippen LogP contribution in [-0.2, 0) is 11.3 Å². The van der Waals surface area contributed by atoms with E-state index >= 15 is 0 Å². The Kier molecular flexibility index (Phi) is 4.60. The van der Waals surface area contributed by atoms with E-state index in [1.165, 1.54) is 5.56 Å². The van der Waals surface area contributed by atoms with E-state index in [1.807, 2.05) is 17.9 Å². The molecule has 0 saturated carbocycles. The maximum Gasteiger partial charge on any atom is 0.0594 e. The first kappa shape index (κ1) is 14.5. The van der Waals surface area contributed by atoms with Crippen LogP contribution in [0, 0.1) is 0 Å². The number of nitrogens with zero attached hydrogens (tertiary/aromatic N) is 3. The first-order chi connectivity index (χ1) is 9.09. The Bertz CT molecular complexity index is 396. The fraction of sp³-hybridized carbons (Fsp3) is 0.786. The number of ether oxygens (including phenoxy) is 1. The van der Waals surface area contributed by atoms with Crippen molar-refractivity contribution < 1.29 is 4.74 Å². The number of aromatic nitrogens is 2. The molecule has 1 N–H and O–H groups in total. The van der Waals surface area contributed by atoms with Gasteiger partial charge in [-0.3, -0.25) is 9.58 Å². The predicted octanol–water partition coefficient (Wildman–Crippen LogP) is 1.27. The molecule has 2 rings (SSSR count). The average molecular weight is 266 g/mol. The van der Waals surface area contributed by atoms with E-state index in [0.29, 0.717) is 0 Å². The SMILES string of the molecule is CCn1cc(C(NC)C(C)(C)N2CCOCC2)cn1. The summed E-state index contributed by atoms with van der Waals surface area (Å²) in [4.78, 5) is 2.50. The van der Waals surface area contributed by atoms with Crippen LogP contribution in [0.3, 0.4) is 0 Å². The molecule has 5 heteroatoms. The van der Waals surface area contributed by atoms with Gasteiger partial charge < -0.3 is 10.1 Å². The Balaban J connectivity index is 2.18. The van der Waals surface area contributed by atoms with Crippen LogP contribution < -0.4 is 5.32 Å². The van der Waals surface area contributed by atoms with Gasteiger partial charge in [0.15, 0.2) is 0 Å². The first-order valence-electron chi connectivity index (χ1n) is 7.12. The molecule has 0 aliphatic carbocycles. The van der Waals surface area contributed by atoms with Gasteiger partial charge >= 0.3 is 0 Å². The maximum absolute atomic E-state index is 5.46. The highest BCUT2D eigenvalue weighted by Crippen LogP contribution is 2.31. The molecular weight excluding hydrogens is 240 g/mol. The van der Waals surface area contributed by atoms with Gasteiger partial charge in [0.2, 0.25) is 0 Å². The molecule has 1 aliphatic heterocycles.